The Balaban J connectivity index is 2.54. The third-order valence-electron chi connectivity index (χ3n) is 1.64. The molecule has 0 aromatic carbocycles. The fourth-order valence-corrected chi connectivity index (χ4v) is 1.01. The number of rotatable bonds is 3. The van der Waals surface area contributed by atoms with Crippen molar-refractivity contribution >= 4 is 11.8 Å². The second kappa shape index (κ2) is 3.93. The van der Waals surface area contributed by atoms with Crippen LogP contribution in [0.4, 0.5) is 5.82 Å². The average Bonchev–Trinajstić information content (AvgIpc) is 2.41. The molecular weight excluding hydrogens is 170 g/mol. The van der Waals surface area contributed by atoms with Crippen LogP contribution in [0.1, 0.15) is 5.56 Å². The molecule has 1 aromatic heterocycles. The van der Waals surface area contributed by atoms with E-state index in [-0.39, 0.29) is 12.5 Å². The summed E-state index contributed by atoms with van der Waals surface area (Å²) in [6.45, 7) is 2.07. The second-order valence-electron chi connectivity index (χ2n) is 2.76. The molecule has 5 nitrogen and oxygen atoms in total. The lowest BCUT2D eigenvalue weighted by atomic mass is 10.4. The van der Waals surface area contributed by atoms with Crippen molar-refractivity contribution in [3.05, 3.63) is 11.8 Å². The summed E-state index contributed by atoms with van der Waals surface area (Å²) in [6, 6.07) is 0. The molecule has 1 N–H and O–H groups in total. The van der Waals surface area contributed by atoms with Crippen LogP contribution in [-0.4, -0.2) is 29.4 Å². The average molecular weight is 183 g/mol. The maximum Gasteiger partial charge on any atom is 0.325 e. The van der Waals surface area contributed by atoms with Crippen molar-refractivity contribution in [1.29, 1.82) is 0 Å². The normalized spacial score (nSPS) is 9.77. The van der Waals surface area contributed by atoms with E-state index in [2.05, 4.69) is 15.2 Å². The molecule has 0 aliphatic rings. The number of hydrogen-bond donors (Lipinski definition) is 1. The van der Waals surface area contributed by atoms with E-state index in [0.717, 1.165) is 5.56 Å². The Morgan fingerprint density at radius 2 is 2.46 bits per heavy atom. The highest BCUT2D eigenvalue weighted by atomic mass is 16.5. The number of ether oxygens (including phenoxy) is 1. The second-order valence-corrected chi connectivity index (χ2v) is 2.76. The maximum atomic E-state index is 10.8. The lowest BCUT2D eigenvalue weighted by molar-refractivity contribution is -0.138. The summed E-state index contributed by atoms with van der Waals surface area (Å²) >= 11 is 0. The standard InChI is InChI=1S/C8H13N3O2/c1-6-5-11(2)10-8(6)9-4-7(12)13-3/h5H,4H2,1-3H3,(H,9,10). The zero-order valence-corrected chi connectivity index (χ0v) is 8.00. The van der Waals surface area contributed by atoms with Crippen LogP contribution in [0.2, 0.25) is 0 Å². The predicted octanol–water partition coefficient (Wildman–Crippen LogP) is 0.313. The van der Waals surface area contributed by atoms with E-state index in [1.165, 1.54) is 7.11 Å². The number of nitrogens with zero attached hydrogens (tertiary/aromatic N) is 2. The molecule has 0 saturated heterocycles. The summed E-state index contributed by atoms with van der Waals surface area (Å²) in [5, 5.41) is 6.99. The molecule has 0 aliphatic heterocycles. The van der Waals surface area contributed by atoms with E-state index in [1.807, 2.05) is 20.2 Å². The van der Waals surface area contributed by atoms with Crippen LogP contribution in [0.25, 0.3) is 0 Å². The van der Waals surface area contributed by atoms with Crippen molar-refractivity contribution in [3.8, 4) is 0 Å². The summed E-state index contributed by atoms with van der Waals surface area (Å²) in [4.78, 5) is 10.8. The molecule has 0 amide bonds. The van der Waals surface area contributed by atoms with Crippen LogP contribution in [-0.2, 0) is 16.6 Å². The molecule has 0 fully saturated rings. The Morgan fingerprint density at radius 3 is 2.92 bits per heavy atom. The molecule has 0 saturated carbocycles. The zero-order valence-electron chi connectivity index (χ0n) is 8.00. The number of anilines is 1. The van der Waals surface area contributed by atoms with Gasteiger partial charge in [-0.2, -0.15) is 5.10 Å². The van der Waals surface area contributed by atoms with Crippen molar-refractivity contribution in [2.45, 2.75) is 6.92 Å². The molecule has 1 rings (SSSR count). The van der Waals surface area contributed by atoms with Gasteiger partial charge in [-0.15, -0.1) is 0 Å². The number of carbonyl (C=O) groups is 1. The predicted molar refractivity (Wildman–Crippen MR) is 48.5 cm³/mol. The highest BCUT2D eigenvalue weighted by Crippen LogP contribution is 2.09. The molecule has 0 spiro atoms. The summed E-state index contributed by atoms with van der Waals surface area (Å²) < 4.78 is 6.17. The summed E-state index contributed by atoms with van der Waals surface area (Å²) in [5.74, 6) is 0.415. The Hall–Kier alpha value is -1.52. The first-order valence-electron chi connectivity index (χ1n) is 3.94. The zero-order chi connectivity index (χ0) is 9.84. The quantitative estimate of drug-likeness (QED) is 0.685. The van der Waals surface area contributed by atoms with Crippen molar-refractivity contribution in [2.24, 2.45) is 7.05 Å². The molecular formula is C8H13N3O2. The van der Waals surface area contributed by atoms with Crippen molar-refractivity contribution in [1.82, 2.24) is 9.78 Å². The highest BCUT2D eigenvalue weighted by molar-refractivity contribution is 5.74. The topological polar surface area (TPSA) is 56.1 Å². The molecule has 5 heteroatoms. The first-order valence-corrected chi connectivity index (χ1v) is 3.94. The monoisotopic (exact) mass is 183 g/mol. The van der Waals surface area contributed by atoms with Gasteiger partial charge in [-0.25, -0.2) is 0 Å². The number of nitrogens with one attached hydrogen (secondary N) is 1. The summed E-state index contributed by atoms with van der Waals surface area (Å²) in [5.41, 5.74) is 1.01. The Labute approximate surface area is 76.7 Å². The minimum absolute atomic E-state index is 0.147. The molecule has 0 unspecified atom stereocenters. The molecule has 1 aromatic rings. The molecule has 0 atom stereocenters. The van der Waals surface area contributed by atoms with Gasteiger partial charge >= 0.3 is 5.97 Å². The van der Waals surface area contributed by atoms with Gasteiger partial charge in [0, 0.05) is 18.8 Å². The summed E-state index contributed by atoms with van der Waals surface area (Å²) in [7, 11) is 3.19. The number of carbonyl (C=O) groups excluding carboxylic acids is 1. The van der Waals surface area contributed by atoms with Crippen LogP contribution in [0.15, 0.2) is 6.20 Å². The molecule has 13 heavy (non-hydrogen) atoms. The minimum Gasteiger partial charge on any atom is -0.468 e. The van der Waals surface area contributed by atoms with Crippen molar-refractivity contribution < 1.29 is 9.53 Å². The smallest absolute Gasteiger partial charge is 0.325 e. The van der Waals surface area contributed by atoms with Gasteiger partial charge in [0.15, 0.2) is 5.82 Å². The fraction of sp³-hybridized carbons (Fsp3) is 0.500. The molecule has 0 aliphatic carbocycles. The van der Waals surface area contributed by atoms with Gasteiger partial charge in [-0.1, -0.05) is 0 Å². The van der Waals surface area contributed by atoms with Crippen LogP contribution in [0.3, 0.4) is 0 Å². The van der Waals surface area contributed by atoms with Gasteiger partial charge < -0.3 is 10.1 Å². The Kier molecular flexibility index (Phi) is 2.89. The summed E-state index contributed by atoms with van der Waals surface area (Å²) in [6.07, 6.45) is 1.87. The highest BCUT2D eigenvalue weighted by Gasteiger charge is 2.04. The van der Waals surface area contributed by atoms with Crippen molar-refractivity contribution in [2.75, 3.05) is 19.0 Å². The largest absolute Gasteiger partial charge is 0.468 e. The van der Waals surface area contributed by atoms with Gasteiger partial charge in [-0.3, -0.25) is 9.48 Å². The SMILES string of the molecule is COC(=O)CNc1nn(C)cc1C. The van der Waals surface area contributed by atoms with E-state index in [9.17, 15) is 4.79 Å². The van der Waals surface area contributed by atoms with Gasteiger partial charge in [0.05, 0.1) is 7.11 Å². The first-order chi connectivity index (χ1) is 6.13. The maximum absolute atomic E-state index is 10.8. The molecule has 1 heterocycles. The van der Waals surface area contributed by atoms with Crippen LogP contribution < -0.4 is 5.32 Å². The van der Waals surface area contributed by atoms with Crippen molar-refractivity contribution in [3.63, 3.8) is 0 Å². The first kappa shape index (κ1) is 9.57. The fourth-order valence-electron chi connectivity index (χ4n) is 1.01. The van der Waals surface area contributed by atoms with Gasteiger partial charge in [0.1, 0.15) is 6.54 Å². The van der Waals surface area contributed by atoms with E-state index in [4.69, 9.17) is 0 Å². The number of hydrogen-bond acceptors (Lipinski definition) is 4. The number of methoxy groups -OCH3 is 1. The van der Waals surface area contributed by atoms with Crippen LogP contribution >= 0.6 is 0 Å². The molecule has 72 valence electrons. The molecule has 0 bridgehead atoms. The van der Waals surface area contributed by atoms with Gasteiger partial charge in [-0.05, 0) is 6.92 Å². The van der Waals surface area contributed by atoms with Crippen LogP contribution in [0.5, 0.6) is 0 Å². The van der Waals surface area contributed by atoms with E-state index >= 15 is 0 Å². The van der Waals surface area contributed by atoms with E-state index in [0.29, 0.717) is 5.82 Å². The molecule has 0 radical (unpaired) electrons. The number of aryl methyl sites for hydroxylation is 2. The number of aromatic nitrogens is 2. The van der Waals surface area contributed by atoms with E-state index in [1.54, 1.807) is 4.68 Å². The van der Waals surface area contributed by atoms with Crippen LogP contribution in [0, 0.1) is 6.92 Å². The lowest BCUT2D eigenvalue weighted by Gasteiger charge is -2.01. The number of esters is 1. The van der Waals surface area contributed by atoms with E-state index < -0.39 is 0 Å². The lowest BCUT2D eigenvalue weighted by Crippen LogP contribution is -2.15. The minimum atomic E-state index is -0.301. The van der Waals surface area contributed by atoms with Gasteiger partial charge in [0.2, 0.25) is 0 Å². The Bertz CT molecular complexity index is 306. The third kappa shape index (κ3) is 2.47. The third-order valence-corrected chi connectivity index (χ3v) is 1.64. The Morgan fingerprint density at radius 1 is 1.77 bits per heavy atom. The van der Waals surface area contributed by atoms with Gasteiger partial charge in [0.25, 0.3) is 0 Å².